The van der Waals surface area contributed by atoms with Crippen LogP contribution in [0.15, 0.2) is 54.7 Å². The van der Waals surface area contributed by atoms with E-state index in [-0.39, 0.29) is 24.3 Å². The maximum atomic E-state index is 13.6. The summed E-state index contributed by atoms with van der Waals surface area (Å²) in [5, 5.41) is 1.18. The monoisotopic (exact) mass is 477 g/mol. The number of carbonyl (C=O) groups is 2. The van der Waals surface area contributed by atoms with Crippen molar-refractivity contribution < 1.29 is 19.1 Å². The lowest BCUT2D eigenvalue weighted by Gasteiger charge is -2.28. The second kappa shape index (κ2) is 11.9. The number of carbonyl (C=O) groups excluding carboxylic acids is 2. The van der Waals surface area contributed by atoms with Crippen molar-refractivity contribution in [2.45, 2.75) is 32.2 Å². The fraction of sp³-hybridized carbons (Fsp3) is 0.429. The van der Waals surface area contributed by atoms with E-state index in [1.54, 1.807) is 19.1 Å². The Morgan fingerprint density at radius 1 is 1.00 bits per heavy atom. The number of aromatic nitrogens is 1. The van der Waals surface area contributed by atoms with Crippen molar-refractivity contribution >= 4 is 22.7 Å². The Morgan fingerprint density at radius 2 is 1.77 bits per heavy atom. The number of nitrogens with one attached hydrogen (secondary N) is 1. The molecule has 0 unspecified atom stereocenters. The van der Waals surface area contributed by atoms with Crippen molar-refractivity contribution in [2.24, 2.45) is 5.92 Å². The van der Waals surface area contributed by atoms with Gasteiger partial charge in [0.1, 0.15) is 5.75 Å². The number of H-pyrrole nitrogens is 1. The van der Waals surface area contributed by atoms with Crippen molar-refractivity contribution in [1.82, 2.24) is 14.8 Å². The van der Waals surface area contributed by atoms with E-state index in [2.05, 4.69) is 17.1 Å². The van der Waals surface area contributed by atoms with Crippen molar-refractivity contribution in [3.05, 3.63) is 65.9 Å². The third-order valence-electron chi connectivity index (χ3n) is 6.55. The highest BCUT2D eigenvalue weighted by molar-refractivity contribution is 5.87. The van der Waals surface area contributed by atoms with Crippen molar-refractivity contribution in [2.75, 3.05) is 40.5 Å². The summed E-state index contributed by atoms with van der Waals surface area (Å²) in [5.74, 6) is 0.916. The number of amides is 2. The molecule has 1 fully saturated rings. The quantitative estimate of drug-likeness (QED) is 0.377. The van der Waals surface area contributed by atoms with Crippen LogP contribution in [0.4, 0.5) is 0 Å². The number of aromatic amines is 1. The summed E-state index contributed by atoms with van der Waals surface area (Å²) in [5.41, 5.74) is 3.30. The predicted octanol–water partition coefficient (Wildman–Crippen LogP) is 4.02. The molecular formula is C28H35N3O4. The standard InChI is InChI=1S/C28H35N3O4/c1-34-17-5-15-31(28(33)22-10-11-22)20-27(32)30(19-21-8-12-24(35-2)13-9-21)16-14-23-18-29-26-7-4-3-6-25(23)26/h3-4,6-9,12-13,18,22,29H,5,10-11,14-17,19-20H2,1-2H3. The molecule has 7 heteroatoms. The summed E-state index contributed by atoms with van der Waals surface area (Å²) >= 11 is 0. The maximum Gasteiger partial charge on any atom is 0.242 e. The largest absolute Gasteiger partial charge is 0.497 e. The lowest BCUT2D eigenvalue weighted by atomic mass is 10.1. The number of hydrogen-bond acceptors (Lipinski definition) is 4. The summed E-state index contributed by atoms with van der Waals surface area (Å²) in [6.45, 7) is 2.25. The fourth-order valence-electron chi connectivity index (χ4n) is 4.36. The van der Waals surface area contributed by atoms with Gasteiger partial charge in [0.05, 0.1) is 13.7 Å². The normalized spacial score (nSPS) is 13.1. The minimum atomic E-state index is -0.0351. The van der Waals surface area contributed by atoms with Gasteiger partial charge in [-0.2, -0.15) is 0 Å². The molecule has 186 valence electrons. The molecule has 1 aliphatic rings. The second-order valence-electron chi connectivity index (χ2n) is 9.15. The molecule has 1 saturated carbocycles. The number of methoxy groups -OCH3 is 2. The molecule has 35 heavy (non-hydrogen) atoms. The van der Waals surface area contributed by atoms with Crippen LogP contribution < -0.4 is 4.74 Å². The van der Waals surface area contributed by atoms with Crippen molar-refractivity contribution in [3.63, 3.8) is 0 Å². The van der Waals surface area contributed by atoms with Crippen LogP contribution in [-0.4, -0.2) is 67.1 Å². The Labute approximate surface area is 207 Å². The Morgan fingerprint density at radius 3 is 2.49 bits per heavy atom. The summed E-state index contributed by atoms with van der Waals surface area (Å²) in [6.07, 6.45) is 5.31. The third kappa shape index (κ3) is 6.63. The Balaban J connectivity index is 1.49. The Bertz CT molecular complexity index is 1120. The van der Waals surface area contributed by atoms with Gasteiger partial charge in [-0.05, 0) is 55.0 Å². The van der Waals surface area contributed by atoms with Gasteiger partial charge in [-0.1, -0.05) is 30.3 Å². The van der Waals surface area contributed by atoms with E-state index in [1.807, 2.05) is 47.5 Å². The van der Waals surface area contributed by atoms with Crippen LogP contribution in [0.1, 0.15) is 30.4 Å². The van der Waals surface area contributed by atoms with Gasteiger partial charge in [0.15, 0.2) is 0 Å². The lowest BCUT2D eigenvalue weighted by molar-refractivity contribution is -0.141. The molecule has 0 aliphatic heterocycles. The molecule has 1 aliphatic carbocycles. The highest BCUT2D eigenvalue weighted by Gasteiger charge is 2.34. The SMILES string of the molecule is COCCCN(CC(=O)N(CCc1c[nH]c2ccccc12)Cc1ccc(OC)cc1)C(=O)C1CC1. The molecule has 1 N–H and O–H groups in total. The van der Waals surface area contributed by atoms with Crippen LogP contribution in [0.5, 0.6) is 5.75 Å². The highest BCUT2D eigenvalue weighted by atomic mass is 16.5. The number of ether oxygens (including phenoxy) is 2. The van der Waals surface area contributed by atoms with Gasteiger partial charge in [-0.25, -0.2) is 0 Å². The zero-order valence-electron chi connectivity index (χ0n) is 20.7. The first-order valence-corrected chi connectivity index (χ1v) is 12.3. The zero-order valence-corrected chi connectivity index (χ0v) is 20.7. The van der Waals surface area contributed by atoms with E-state index in [9.17, 15) is 9.59 Å². The van der Waals surface area contributed by atoms with E-state index in [4.69, 9.17) is 9.47 Å². The van der Waals surface area contributed by atoms with E-state index in [0.29, 0.717) is 26.2 Å². The smallest absolute Gasteiger partial charge is 0.242 e. The zero-order chi connectivity index (χ0) is 24.6. The van der Waals surface area contributed by atoms with Crippen LogP contribution in [0, 0.1) is 5.92 Å². The van der Waals surface area contributed by atoms with E-state index >= 15 is 0 Å². The topological polar surface area (TPSA) is 74.9 Å². The molecule has 0 spiro atoms. The molecular weight excluding hydrogens is 442 g/mol. The van der Waals surface area contributed by atoms with Crippen LogP contribution >= 0.6 is 0 Å². The first kappa shape index (κ1) is 24.8. The number of fused-ring (bicyclic) bond motifs is 1. The number of rotatable bonds is 13. The summed E-state index contributed by atoms with van der Waals surface area (Å²) < 4.78 is 10.4. The fourth-order valence-corrected chi connectivity index (χ4v) is 4.36. The van der Waals surface area contributed by atoms with Gasteiger partial charge in [0.25, 0.3) is 0 Å². The summed E-state index contributed by atoms with van der Waals surface area (Å²) in [6, 6.07) is 16.0. The van der Waals surface area contributed by atoms with Gasteiger partial charge in [-0.3, -0.25) is 9.59 Å². The molecule has 7 nitrogen and oxygen atoms in total. The first-order chi connectivity index (χ1) is 17.1. The molecule has 0 bridgehead atoms. The van der Waals surface area contributed by atoms with E-state index < -0.39 is 0 Å². The molecule has 2 amide bonds. The number of para-hydroxylation sites is 1. The second-order valence-corrected chi connectivity index (χ2v) is 9.15. The molecule has 1 aromatic heterocycles. The Kier molecular flexibility index (Phi) is 8.42. The molecule has 3 aromatic rings. The van der Waals surface area contributed by atoms with Gasteiger partial charge < -0.3 is 24.3 Å². The first-order valence-electron chi connectivity index (χ1n) is 12.3. The van der Waals surface area contributed by atoms with Gasteiger partial charge in [-0.15, -0.1) is 0 Å². The minimum Gasteiger partial charge on any atom is -0.497 e. The molecule has 2 aromatic carbocycles. The molecule has 0 atom stereocenters. The molecule has 0 radical (unpaired) electrons. The molecule has 4 rings (SSSR count). The van der Waals surface area contributed by atoms with Gasteiger partial charge in [0, 0.05) is 56.4 Å². The van der Waals surface area contributed by atoms with E-state index in [0.717, 1.165) is 42.5 Å². The lowest BCUT2D eigenvalue weighted by Crippen LogP contribution is -2.44. The summed E-state index contributed by atoms with van der Waals surface area (Å²) in [7, 11) is 3.29. The predicted molar refractivity (Wildman–Crippen MR) is 136 cm³/mol. The maximum absolute atomic E-state index is 13.6. The average molecular weight is 478 g/mol. The molecule has 1 heterocycles. The number of nitrogens with zero attached hydrogens (tertiary/aromatic N) is 2. The van der Waals surface area contributed by atoms with Gasteiger partial charge in [0.2, 0.25) is 11.8 Å². The Hall–Kier alpha value is -3.32. The summed E-state index contributed by atoms with van der Waals surface area (Å²) in [4.78, 5) is 33.3. The van der Waals surface area contributed by atoms with E-state index in [1.165, 1.54) is 10.9 Å². The van der Waals surface area contributed by atoms with Gasteiger partial charge >= 0.3 is 0 Å². The minimum absolute atomic E-state index is 0.0351. The van der Waals surface area contributed by atoms with Crippen LogP contribution in [0.25, 0.3) is 10.9 Å². The number of benzene rings is 2. The van der Waals surface area contributed by atoms with Crippen LogP contribution in [0.2, 0.25) is 0 Å². The highest BCUT2D eigenvalue weighted by Crippen LogP contribution is 2.31. The molecule has 0 saturated heterocycles. The van der Waals surface area contributed by atoms with Crippen LogP contribution in [0.3, 0.4) is 0 Å². The average Bonchev–Trinajstić information content (AvgIpc) is 3.66. The van der Waals surface area contributed by atoms with Crippen LogP contribution in [-0.2, 0) is 27.3 Å². The van der Waals surface area contributed by atoms with Crippen molar-refractivity contribution in [3.8, 4) is 5.75 Å². The van der Waals surface area contributed by atoms with Crippen molar-refractivity contribution in [1.29, 1.82) is 0 Å². The number of hydrogen-bond donors (Lipinski definition) is 1. The third-order valence-corrected chi connectivity index (χ3v) is 6.55.